The second kappa shape index (κ2) is 8.37. The molecule has 0 spiro atoms. The molecule has 0 unspecified atom stereocenters. The molecule has 8 heteroatoms. The highest BCUT2D eigenvalue weighted by Crippen LogP contribution is 2.15. The minimum atomic E-state index is -0.414. The van der Waals surface area contributed by atoms with Crippen LogP contribution in [0.4, 0.5) is 10.3 Å². The van der Waals surface area contributed by atoms with Gasteiger partial charge < -0.3 is 15.5 Å². The summed E-state index contributed by atoms with van der Waals surface area (Å²) in [5, 5.41) is 5.46. The summed E-state index contributed by atoms with van der Waals surface area (Å²) in [5.41, 5.74) is 0.310. The molecule has 136 valence electrons. The Kier molecular flexibility index (Phi) is 5.73. The minimum Gasteiger partial charge on any atom is -0.350 e. The van der Waals surface area contributed by atoms with E-state index in [4.69, 9.17) is 0 Å². The van der Waals surface area contributed by atoms with Gasteiger partial charge in [0.05, 0.1) is 6.54 Å². The Balaban J connectivity index is 1.47. The molecule has 1 atom stereocenters. The third-order valence-electron chi connectivity index (χ3n) is 4.14. The average Bonchev–Trinajstić information content (AvgIpc) is 2.67. The van der Waals surface area contributed by atoms with Crippen LogP contribution >= 0.6 is 0 Å². The van der Waals surface area contributed by atoms with Gasteiger partial charge in [0.1, 0.15) is 5.82 Å². The van der Waals surface area contributed by atoms with Crippen LogP contribution in [0.1, 0.15) is 23.2 Å². The molecule has 1 aromatic heterocycles. The van der Waals surface area contributed by atoms with E-state index in [1.165, 1.54) is 24.3 Å². The van der Waals surface area contributed by atoms with E-state index < -0.39 is 11.7 Å². The highest BCUT2D eigenvalue weighted by molar-refractivity contribution is 5.96. The zero-order valence-electron chi connectivity index (χ0n) is 14.2. The molecule has 0 saturated carbocycles. The zero-order chi connectivity index (χ0) is 18.4. The SMILES string of the molecule is O=C(CNC(=O)c1ccc(F)cc1)N[C@H]1CCCN(c2ncccn2)C1. The molecule has 1 aromatic carbocycles. The van der Waals surface area contributed by atoms with Gasteiger partial charge in [-0.3, -0.25) is 9.59 Å². The number of rotatable bonds is 5. The number of nitrogens with one attached hydrogen (secondary N) is 2. The molecule has 2 heterocycles. The number of hydrogen-bond acceptors (Lipinski definition) is 5. The van der Waals surface area contributed by atoms with Crippen molar-refractivity contribution in [3.05, 3.63) is 54.1 Å². The molecule has 1 aliphatic rings. The molecular formula is C18H20FN5O2. The summed E-state index contributed by atoms with van der Waals surface area (Å²) in [4.78, 5) is 34.6. The lowest BCUT2D eigenvalue weighted by Crippen LogP contribution is -2.50. The van der Waals surface area contributed by atoms with Crippen molar-refractivity contribution in [1.29, 1.82) is 0 Å². The number of halogens is 1. The summed E-state index contributed by atoms with van der Waals surface area (Å²) < 4.78 is 12.9. The molecule has 0 radical (unpaired) electrons. The van der Waals surface area contributed by atoms with Crippen LogP contribution in [0.25, 0.3) is 0 Å². The zero-order valence-corrected chi connectivity index (χ0v) is 14.2. The number of carbonyl (C=O) groups excluding carboxylic acids is 2. The first-order valence-electron chi connectivity index (χ1n) is 8.47. The van der Waals surface area contributed by atoms with Crippen molar-refractivity contribution < 1.29 is 14.0 Å². The van der Waals surface area contributed by atoms with Crippen molar-refractivity contribution in [2.24, 2.45) is 0 Å². The highest BCUT2D eigenvalue weighted by Gasteiger charge is 2.23. The number of benzene rings is 1. The summed E-state index contributed by atoms with van der Waals surface area (Å²) in [6.45, 7) is 1.34. The lowest BCUT2D eigenvalue weighted by atomic mass is 10.1. The van der Waals surface area contributed by atoms with Crippen LogP contribution in [-0.2, 0) is 4.79 Å². The van der Waals surface area contributed by atoms with Gasteiger partial charge in [-0.25, -0.2) is 14.4 Å². The molecule has 2 aromatic rings. The van der Waals surface area contributed by atoms with Crippen LogP contribution in [0.5, 0.6) is 0 Å². The quantitative estimate of drug-likeness (QED) is 0.838. The number of amides is 2. The molecule has 1 fully saturated rings. The van der Waals surface area contributed by atoms with Gasteiger partial charge in [0.15, 0.2) is 0 Å². The summed E-state index contributed by atoms with van der Waals surface area (Å²) in [6.07, 6.45) is 5.16. The minimum absolute atomic E-state index is 0.0252. The third-order valence-corrected chi connectivity index (χ3v) is 4.14. The highest BCUT2D eigenvalue weighted by atomic mass is 19.1. The van der Waals surface area contributed by atoms with Crippen molar-refractivity contribution in [1.82, 2.24) is 20.6 Å². The number of hydrogen-bond donors (Lipinski definition) is 2. The van der Waals surface area contributed by atoms with Crippen LogP contribution < -0.4 is 15.5 Å². The summed E-state index contributed by atoms with van der Waals surface area (Å²) >= 11 is 0. The number of anilines is 1. The normalized spacial score (nSPS) is 16.8. The average molecular weight is 357 g/mol. The van der Waals surface area contributed by atoms with Gasteiger partial charge in [-0.1, -0.05) is 0 Å². The Hall–Kier alpha value is -3.03. The van der Waals surface area contributed by atoms with Gasteiger partial charge >= 0.3 is 0 Å². The molecule has 1 aliphatic heterocycles. The number of carbonyl (C=O) groups is 2. The Bertz CT molecular complexity index is 754. The van der Waals surface area contributed by atoms with E-state index in [9.17, 15) is 14.0 Å². The van der Waals surface area contributed by atoms with Gasteiger partial charge in [0.2, 0.25) is 11.9 Å². The summed E-state index contributed by atoms with van der Waals surface area (Å²) in [6, 6.07) is 6.90. The van der Waals surface area contributed by atoms with E-state index in [0.29, 0.717) is 18.1 Å². The van der Waals surface area contributed by atoms with Gasteiger partial charge in [-0.15, -0.1) is 0 Å². The van der Waals surface area contributed by atoms with E-state index in [0.717, 1.165) is 19.4 Å². The molecule has 2 N–H and O–H groups in total. The third kappa shape index (κ3) is 4.75. The molecule has 7 nitrogen and oxygen atoms in total. The maximum Gasteiger partial charge on any atom is 0.251 e. The van der Waals surface area contributed by atoms with Gasteiger partial charge in [0, 0.05) is 37.1 Å². The predicted octanol–water partition coefficient (Wildman–Crippen LogP) is 1.13. The number of nitrogens with zero attached hydrogens (tertiary/aromatic N) is 3. The Morgan fingerprint density at radius 1 is 1.19 bits per heavy atom. The van der Waals surface area contributed by atoms with Crippen LogP contribution in [0.2, 0.25) is 0 Å². The van der Waals surface area contributed by atoms with E-state index in [1.54, 1.807) is 18.5 Å². The molecule has 3 rings (SSSR count). The number of piperidine rings is 1. The Morgan fingerprint density at radius 3 is 2.65 bits per heavy atom. The number of aromatic nitrogens is 2. The fraction of sp³-hybridized carbons (Fsp3) is 0.333. The van der Waals surface area contributed by atoms with Crippen LogP contribution in [0, 0.1) is 5.82 Å². The standard InChI is InChI=1S/C18H20FN5O2/c19-14-6-4-13(5-7-14)17(26)22-11-16(25)23-15-3-1-10-24(12-15)18-20-8-2-9-21-18/h2,4-9,15H,1,3,10-12H2,(H,22,26)(H,23,25)/t15-/m0/s1. The second-order valence-electron chi connectivity index (χ2n) is 6.09. The first-order chi connectivity index (χ1) is 12.6. The monoisotopic (exact) mass is 357 g/mol. The predicted molar refractivity (Wildman–Crippen MR) is 94.1 cm³/mol. The molecule has 0 aliphatic carbocycles. The van der Waals surface area contributed by atoms with Crippen LogP contribution in [0.3, 0.4) is 0 Å². The maximum atomic E-state index is 12.9. The van der Waals surface area contributed by atoms with Crippen LogP contribution in [-0.4, -0.2) is 47.5 Å². The summed E-state index contributed by atoms with van der Waals surface area (Å²) in [7, 11) is 0. The Labute approximate surface area is 150 Å². The van der Waals surface area contributed by atoms with Crippen molar-refractivity contribution in [2.45, 2.75) is 18.9 Å². The molecule has 2 amide bonds. The Morgan fingerprint density at radius 2 is 1.92 bits per heavy atom. The van der Waals surface area contributed by atoms with Gasteiger partial charge in [0.25, 0.3) is 5.91 Å². The molecule has 0 bridgehead atoms. The molecule has 26 heavy (non-hydrogen) atoms. The molecular weight excluding hydrogens is 337 g/mol. The van der Waals surface area contributed by atoms with E-state index in [1.807, 2.05) is 4.90 Å². The first kappa shape index (κ1) is 17.8. The fourth-order valence-electron chi connectivity index (χ4n) is 2.87. The maximum absolute atomic E-state index is 12.9. The largest absolute Gasteiger partial charge is 0.350 e. The van der Waals surface area contributed by atoms with Crippen molar-refractivity contribution in [3.63, 3.8) is 0 Å². The molecule has 1 saturated heterocycles. The van der Waals surface area contributed by atoms with E-state index in [-0.39, 0.29) is 18.5 Å². The lowest BCUT2D eigenvalue weighted by Gasteiger charge is -2.33. The lowest BCUT2D eigenvalue weighted by molar-refractivity contribution is -0.120. The smallest absolute Gasteiger partial charge is 0.251 e. The topological polar surface area (TPSA) is 87.2 Å². The van der Waals surface area contributed by atoms with Crippen LogP contribution in [0.15, 0.2) is 42.7 Å². The summed E-state index contributed by atoms with van der Waals surface area (Å²) in [5.74, 6) is -0.441. The van der Waals surface area contributed by atoms with E-state index in [2.05, 4.69) is 20.6 Å². The van der Waals surface area contributed by atoms with Gasteiger partial charge in [-0.05, 0) is 43.2 Å². The van der Waals surface area contributed by atoms with E-state index >= 15 is 0 Å². The first-order valence-corrected chi connectivity index (χ1v) is 8.47. The second-order valence-corrected chi connectivity index (χ2v) is 6.09. The van der Waals surface area contributed by atoms with Crippen molar-refractivity contribution in [3.8, 4) is 0 Å². The fourth-order valence-corrected chi connectivity index (χ4v) is 2.87. The van der Waals surface area contributed by atoms with Crippen molar-refractivity contribution in [2.75, 3.05) is 24.5 Å². The van der Waals surface area contributed by atoms with Crippen molar-refractivity contribution >= 4 is 17.8 Å². The van der Waals surface area contributed by atoms with Gasteiger partial charge in [-0.2, -0.15) is 0 Å².